The van der Waals surface area contributed by atoms with Gasteiger partial charge >= 0.3 is 0 Å². The molecule has 3 heterocycles. The van der Waals surface area contributed by atoms with Crippen LogP contribution in [0.5, 0.6) is 0 Å². The average Bonchev–Trinajstić information content (AvgIpc) is 2.72. The highest BCUT2D eigenvalue weighted by molar-refractivity contribution is 5.82. The first-order chi connectivity index (χ1) is 14.0. The molecule has 0 fully saturated rings. The number of aliphatic hydroxyl groups excluding tert-OH is 1. The number of rotatable bonds is 8. The molecular formula is C23H33N3O3. The van der Waals surface area contributed by atoms with Gasteiger partial charge in [-0.05, 0) is 57.7 Å². The van der Waals surface area contributed by atoms with Crippen molar-refractivity contribution >= 4 is 11.4 Å². The van der Waals surface area contributed by atoms with E-state index in [1.807, 2.05) is 25.2 Å². The van der Waals surface area contributed by atoms with Crippen LogP contribution in [0.4, 0.5) is 5.69 Å². The summed E-state index contributed by atoms with van der Waals surface area (Å²) in [5, 5.41) is 13.9. The molecule has 6 nitrogen and oxygen atoms in total. The van der Waals surface area contributed by atoms with Crippen molar-refractivity contribution in [2.24, 2.45) is 5.16 Å². The lowest BCUT2D eigenvalue weighted by Crippen LogP contribution is -2.38. The van der Waals surface area contributed by atoms with Gasteiger partial charge in [-0.3, -0.25) is 4.98 Å². The Balaban J connectivity index is 1.57. The van der Waals surface area contributed by atoms with Crippen molar-refractivity contribution in [3.63, 3.8) is 0 Å². The Kier molecular flexibility index (Phi) is 7.45. The standard InChI is InChI=1S/C23H33N3O3/c1-5-7-19-9-10-22(23(15-27)28-19)29-25-17(3)11-13-26-12-6-8-20-21(26)14-16(2)18(4)24-20/h5,9-10,14,19,22-23,27H,1,6-8,11-13,15H2,2-4H3/b25-17+/t19-,22+,23-/m1/s1. The highest BCUT2D eigenvalue weighted by atomic mass is 16.7. The van der Waals surface area contributed by atoms with Gasteiger partial charge in [0.2, 0.25) is 0 Å². The number of pyridine rings is 1. The summed E-state index contributed by atoms with van der Waals surface area (Å²) in [5.74, 6) is 0. The molecule has 3 rings (SSSR count). The molecule has 1 aromatic heterocycles. The maximum Gasteiger partial charge on any atom is 0.174 e. The van der Waals surface area contributed by atoms with Crippen LogP contribution in [0.2, 0.25) is 0 Å². The van der Waals surface area contributed by atoms with Gasteiger partial charge in [-0.25, -0.2) is 0 Å². The number of hydrogen-bond donors (Lipinski definition) is 1. The van der Waals surface area contributed by atoms with E-state index in [1.165, 1.54) is 16.9 Å². The third-order valence-electron chi connectivity index (χ3n) is 5.59. The van der Waals surface area contributed by atoms with Crippen LogP contribution in [-0.4, -0.2) is 53.8 Å². The zero-order valence-electron chi connectivity index (χ0n) is 17.8. The summed E-state index contributed by atoms with van der Waals surface area (Å²) in [6.07, 6.45) is 8.54. The second-order valence-electron chi connectivity index (χ2n) is 7.90. The number of hydrogen-bond acceptors (Lipinski definition) is 6. The van der Waals surface area contributed by atoms with Crippen LogP contribution in [0.15, 0.2) is 36.0 Å². The molecule has 6 heteroatoms. The fraction of sp³-hybridized carbons (Fsp3) is 0.565. The van der Waals surface area contributed by atoms with Crippen LogP contribution in [0, 0.1) is 13.8 Å². The summed E-state index contributed by atoms with van der Waals surface area (Å²) in [4.78, 5) is 12.9. The number of aryl methyl sites for hydroxylation is 3. The summed E-state index contributed by atoms with van der Waals surface area (Å²) in [7, 11) is 0. The van der Waals surface area contributed by atoms with Gasteiger partial charge in [-0.15, -0.1) is 6.58 Å². The summed E-state index contributed by atoms with van der Waals surface area (Å²) < 4.78 is 5.82. The molecule has 0 amide bonds. The Labute approximate surface area is 173 Å². The number of aliphatic hydroxyl groups is 1. The fourth-order valence-corrected chi connectivity index (χ4v) is 3.73. The summed E-state index contributed by atoms with van der Waals surface area (Å²) in [5.41, 5.74) is 5.73. The van der Waals surface area contributed by atoms with Gasteiger partial charge in [0.05, 0.1) is 29.8 Å². The molecule has 3 atom stereocenters. The molecule has 0 aromatic carbocycles. The third kappa shape index (κ3) is 5.46. The average molecular weight is 400 g/mol. The maximum atomic E-state index is 9.60. The second-order valence-corrected chi connectivity index (χ2v) is 7.90. The van der Waals surface area contributed by atoms with Crippen molar-refractivity contribution in [1.82, 2.24) is 4.98 Å². The van der Waals surface area contributed by atoms with Gasteiger partial charge < -0.3 is 19.6 Å². The highest BCUT2D eigenvalue weighted by Crippen LogP contribution is 2.28. The maximum absolute atomic E-state index is 9.60. The number of aromatic nitrogens is 1. The predicted molar refractivity (Wildman–Crippen MR) is 117 cm³/mol. The van der Waals surface area contributed by atoms with Crippen molar-refractivity contribution < 1.29 is 14.7 Å². The topological polar surface area (TPSA) is 67.2 Å². The zero-order chi connectivity index (χ0) is 20.8. The highest BCUT2D eigenvalue weighted by Gasteiger charge is 2.28. The Morgan fingerprint density at radius 1 is 1.45 bits per heavy atom. The molecule has 0 spiro atoms. The summed E-state index contributed by atoms with van der Waals surface area (Å²) >= 11 is 0. The van der Waals surface area contributed by atoms with Gasteiger partial charge in [0.25, 0.3) is 0 Å². The summed E-state index contributed by atoms with van der Waals surface area (Å²) in [6.45, 7) is 11.7. The van der Waals surface area contributed by atoms with E-state index in [1.54, 1.807) is 0 Å². The fourth-order valence-electron chi connectivity index (χ4n) is 3.73. The molecule has 0 bridgehead atoms. The van der Waals surface area contributed by atoms with Gasteiger partial charge in [-0.1, -0.05) is 17.3 Å². The minimum absolute atomic E-state index is 0.0607. The van der Waals surface area contributed by atoms with Crippen LogP contribution in [0.1, 0.15) is 43.1 Å². The number of anilines is 1. The monoisotopic (exact) mass is 399 g/mol. The van der Waals surface area contributed by atoms with Gasteiger partial charge in [0.15, 0.2) is 6.10 Å². The third-order valence-corrected chi connectivity index (χ3v) is 5.59. The molecule has 1 aromatic rings. The number of nitrogens with zero attached hydrogens (tertiary/aromatic N) is 3. The van der Waals surface area contributed by atoms with Crippen molar-refractivity contribution in [2.75, 3.05) is 24.6 Å². The second kappa shape index (κ2) is 10.0. The predicted octanol–water partition coefficient (Wildman–Crippen LogP) is 3.49. The molecule has 0 saturated heterocycles. The van der Waals surface area contributed by atoms with E-state index in [-0.39, 0.29) is 18.8 Å². The van der Waals surface area contributed by atoms with Gasteiger partial charge in [-0.2, -0.15) is 0 Å². The molecular weight excluding hydrogens is 366 g/mol. The minimum atomic E-state index is -0.409. The van der Waals surface area contributed by atoms with Crippen LogP contribution >= 0.6 is 0 Å². The van der Waals surface area contributed by atoms with E-state index >= 15 is 0 Å². The molecule has 0 aliphatic carbocycles. The molecule has 0 radical (unpaired) electrons. The van der Waals surface area contributed by atoms with E-state index in [0.29, 0.717) is 6.42 Å². The van der Waals surface area contributed by atoms with Crippen LogP contribution in [0.3, 0.4) is 0 Å². The lowest BCUT2D eigenvalue weighted by molar-refractivity contribution is -0.1000. The number of fused-ring (bicyclic) bond motifs is 1. The molecule has 1 N–H and O–H groups in total. The molecule has 29 heavy (non-hydrogen) atoms. The Bertz CT molecular complexity index is 775. The largest absolute Gasteiger partial charge is 0.394 e. The lowest BCUT2D eigenvalue weighted by atomic mass is 10.0. The quantitative estimate of drug-likeness (QED) is 0.412. The Morgan fingerprint density at radius 3 is 3.03 bits per heavy atom. The first-order valence-corrected chi connectivity index (χ1v) is 10.5. The first-order valence-electron chi connectivity index (χ1n) is 10.5. The van der Waals surface area contributed by atoms with Crippen molar-refractivity contribution in [3.8, 4) is 0 Å². The zero-order valence-corrected chi connectivity index (χ0v) is 17.8. The van der Waals surface area contributed by atoms with Crippen LogP contribution < -0.4 is 4.90 Å². The SMILES string of the molecule is C=CC[C@@H]1C=C[C@H](O/N=C(\C)CCN2CCCc3nc(C)c(C)cc32)[C@@H](CO)O1. The van der Waals surface area contributed by atoms with Crippen LogP contribution in [-0.2, 0) is 16.0 Å². The van der Waals surface area contributed by atoms with Gasteiger partial charge in [0.1, 0.15) is 6.10 Å². The number of ether oxygens (including phenoxy) is 1. The Morgan fingerprint density at radius 2 is 2.28 bits per heavy atom. The van der Waals surface area contributed by atoms with E-state index in [2.05, 4.69) is 36.5 Å². The van der Waals surface area contributed by atoms with Crippen molar-refractivity contribution in [1.29, 1.82) is 0 Å². The van der Waals surface area contributed by atoms with E-state index in [4.69, 9.17) is 14.6 Å². The van der Waals surface area contributed by atoms with Gasteiger partial charge in [0, 0.05) is 25.2 Å². The Hall–Kier alpha value is -2.18. The molecule has 2 aliphatic heterocycles. The smallest absolute Gasteiger partial charge is 0.174 e. The molecule has 2 aliphatic rings. The normalized spacial score (nSPS) is 24.3. The summed E-state index contributed by atoms with van der Waals surface area (Å²) in [6, 6.07) is 2.26. The van der Waals surface area contributed by atoms with Crippen molar-refractivity contribution in [2.45, 2.75) is 64.8 Å². The lowest BCUT2D eigenvalue weighted by Gasteiger charge is -2.31. The molecule has 0 saturated carbocycles. The van der Waals surface area contributed by atoms with E-state index in [0.717, 1.165) is 43.8 Å². The van der Waals surface area contributed by atoms with Crippen molar-refractivity contribution in [3.05, 3.63) is 47.8 Å². The first kappa shape index (κ1) is 21.5. The van der Waals surface area contributed by atoms with E-state index in [9.17, 15) is 5.11 Å². The number of oxime groups is 1. The van der Waals surface area contributed by atoms with E-state index < -0.39 is 6.10 Å². The molecule has 0 unspecified atom stereocenters. The minimum Gasteiger partial charge on any atom is -0.394 e. The molecule has 158 valence electrons. The van der Waals surface area contributed by atoms with Crippen LogP contribution in [0.25, 0.3) is 0 Å².